The molecule has 1 saturated heterocycles. The minimum atomic E-state index is -0.534. The first-order valence-electron chi connectivity index (χ1n) is 14.4. The van der Waals surface area contributed by atoms with Crippen LogP contribution in [0.15, 0.2) is 77.6 Å². The van der Waals surface area contributed by atoms with Crippen molar-refractivity contribution in [2.45, 2.75) is 25.3 Å². The van der Waals surface area contributed by atoms with Crippen LogP contribution in [0.4, 0.5) is 11.6 Å². The Hall–Kier alpha value is -5.22. The van der Waals surface area contributed by atoms with Crippen LogP contribution in [-0.4, -0.2) is 52.3 Å². The molecule has 1 fully saturated rings. The number of rotatable bonds is 9. The van der Waals surface area contributed by atoms with Gasteiger partial charge in [0.2, 0.25) is 11.9 Å². The van der Waals surface area contributed by atoms with Gasteiger partial charge in [-0.05, 0) is 60.4 Å². The number of anilines is 2. The van der Waals surface area contributed by atoms with Crippen molar-refractivity contribution in [2.75, 3.05) is 29.9 Å². The Morgan fingerprint density at radius 1 is 1.00 bits per heavy atom. The second-order valence-electron chi connectivity index (χ2n) is 10.8. The summed E-state index contributed by atoms with van der Waals surface area (Å²) in [6.07, 6.45) is 1.63. The second-order valence-corrected chi connectivity index (χ2v) is 10.8. The van der Waals surface area contributed by atoms with Gasteiger partial charge in [-0.15, -0.1) is 12.4 Å². The number of nitrogens with zero attached hydrogens (tertiary/aromatic N) is 4. The van der Waals surface area contributed by atoms with E-state index in [9.17, 15) is 19.6 Å². The third-order valence-corrected chi connectivity index (χ3v) is 7.62. The van der Waals surface area contributed by atoms with E-state index in [2.05, 4.69) is 16.3 Å². The van der Waals surface area contributed by atoms with Crippen molar-refractivity contribution >= 4 is 35.9 Å². The number of hydroxylamine groups is 1. The van der Waals surface area contributed by atoms with E-state index in [-0.39, 0.29) is 42.9 Å². The maximum absolute atomic E-state index is 13.9. The predicted octanol–water partition coefficient (Wildman–Crippen LogP) is 3.40. The molecule has 1 aliphatic rings. The molecule has 0 atom stereocenters. The number of aromatic nitrogens is 2. The summed E-state index contributed by atoms with van der Waals surface area (Å²) in [5.74, 6) is 0.0836. The minimum absolute atomic E-state index is 0. The van der Waals surface area contributed by atoms with Gasteiger partial charge in [0.15, 0.2) is 6.61 Å². The summed E-state index contributed by atoms with van der Waals surface area (Å²) in [5.41, 5.74) is 11.4. The summed E-state index contributed by atoms with van der Waals surface area (Å²) in [4.78, 5) is 44.7. The summed E-state index contributed by atoms with van der Waals surface area (Å²) in [7, 11) is 1.71. The topological polar surface area (TPSA) is 176 Å². The molecule has 1 aliphatic heterocycles. The maximum atomic E-state index is 13.9. The van der Waals surface area contributed by atoms with Crippen molar-refractivity contribution in [3.63, 3.8) is 0 Å². The summed E-state index contributed by atoms with van der Waals surface area (Å²) in [6.45, 7) is 1.14. The van der Waals surface area contributed by atoms with Crippen LogP contribution in [0.3, 0.4) is 0 Å². The molecule has 0 bridgehead atoms. The molecule has 2 amide bonds. The van der Waals surface area contributed by atoms with Gasteiger partial charge in [0.1, 0.15) is 5.75 Å². The zero-order chi connectivity index (χ0) is 31.9. The minimum Gasteiger partial charge on any atom is -0.484 e. The van der Waals surface area contributed by atoms with E-state index in [0.29, 0.717) is 64.0 Å². The molecule has 0 aliphatic carbocycles. The number of halogens is 1. The van der Waals surface area contributed by atoms with Gasteiger partial charge in [0.05, 0.1) is 29.3 Å². The number of carbonyl (C=O) groups is 2. The Morgan fingerprint density at radius 3 is 2.24 bits per heavy atom. The number of piperidine rings is 1. The number of hydrogen-bond donors (Lipinski definition) is 4. The lowest BCUT2D eigenvalue weighted by Crippen LogP contribution is -2.42. The van der Waals surface area contributed by atoms with Crippen molar-refractivity contribution < 1.29 is 19.5 Å². The molecule has 3 aromatic carbocycles. The molecule has 12 nitrogen and oxygen atoms in total. The number of amides is 2. The fourth-order valence-electron chi connectivity index (χ4n) is 5.14. The fraction of sp³-hybridized carbons (Fsp3) is 0.242. The van der Waals surface area contributed by atoms with E-state index in [0.717, 1.165) is 12.8 Å². The number of benzene rings is 3. The van der Waals surface area contributed by atoms with Gasteiger partial charge in [0, 0.05) is 37.4 Å². The van der Waals surface area contributed by atoms with Crippen LogP contribution in [0.25, 0.3) is 22.4 Å². The molecular formula is C33H34ClN7O5. The first kappa shape index (κ1) is 33.7. The molecule has 0 spiro atoms. The van der Waals surface area contributed by atoms with Crippen LogP contribution in [0.2, 0.25) is 0 Å². The van der Waals surface area contributed by atoms with Crippen molar-refractivity contribution in [3.05, 3.63) is 94.3 Å². The number of nitrogens with two attached hydrogens (primary N) is 1. The van der Waals surface area contributed by atoms with Crippen LogP contribution >= 0.6 is 12.4 Å². The number of nitrogens with one attached hydrogen (secondary N) is 2. The van der Waals surface area contributed by atoms with Gasteiger partial charge in [-0.1, -0.05) is 36.4 Å². The van der Waals surface area contributed by atoms with E-state index in [1.165, 1.54) is 0 Å². The zero-order valence-corrected chi connectivity index (χ0v) is 25.9. The van der Waals surface area contributed by atoms with E-state index in [1.54, 1.807) is 89.9 Å². The Kier molecular flexibility index (Phi) is 11.1. The van der Waals surface area contributed by atoms with Gasteiger partial charge >= 0.3 is 0 Å². The number of nitriles is 1. The van der Waals surface area contributed by atoms with Gasteiger partial charge in [0.25, 0.3) is 11.5 Å². The Balaban J connectivity index is 0.00000480. The first-order valence-corrected chi connectivity index (χ1v) is 14.4. The average Bonchev–Trinajstić information content (AvgIpc) is 3.06. The summed E-state index contributed by atoms with van der Waals surface area (Å²) < 4.78 is 7.24. The molecule has 1 aromatic heterocycles. The monoisotopic (exact) mass is 643 g/mol. The molecule has 5 rings (SSSR count). The third kappa shape index (κ3) is 7.89. The van der Waals surface area contributed by atoms with E-state index >= 15 is 0 Å². The van der Waals surface area contributed by atoms with E-state index < -0.39 is 5.91 Å². The number of ether oxygens (including phenoxy) is 1. The van der Waals surface area contributed by atoms with Gasteiger partial charge < -0.3 is 20.7 Å². The van der Waals surface area contributed by atoms with Crippen LogP contribution in [0.1, 0.15) is 24.0 Å². The van der Waals surface area contributed by atoms with Crippen molar-refractivity contribution in [1.29, 1.82) is 5.26 Å². The van der Waals surface area contributed by atoms with E-state index in [4.69, 9.17) is 20.7 Å². The third-order valence-electron chi connectivity index (χ3n) is 7.62. The van der Waals surface area contributed by atoms with Gasteiger partial charge in [-0.25, -0.2) is 10.5 Å². The molecule has 4 aromatic rings. The highest BCUT2D eigenvalue weighted by Crippen LogP contribution is 2.31. The summed E-state index contributed by atoms with van der Waals surface area (Å²) in [5, 5.41) is 20.7. The first-order chi connectivity index (χ1) is 21.7. The predicted molar refractivity (Wildman–Crippen MR) is 176 cm³/mol. The van der Waals surface area contributed by atoms with Crippen LogP contribution < -0.4 is 31.7 Å². The van der Waals surface area contributed by atoms with Crippen molar-refractivity contribution in [1.82, 2.24) is 15.0 Å². The molecule has 2 heterocycles. The van der Waals surface area contributed by atoms with Crippen LogP contribution in [-0.2, 0) is 23.1 Å². The molecule has 0 radical (unpaired) electrons. The van der Waals surface area contributed by atoms with Crippen LogP contribution in [0, 0.1) is 11.3 Å². The molecular weight excluding hydrogens is 610 g/mol. The standard InChI is InChI=1S/C33H33N7O5.ClH/c1-39-32(43)30(31(24-6-2-22(19-34)3-7-24)37-33(39)40-16-14-25(35)15-17-40)23-8-12-27(13-9-23)45-20-29(42)36-26-10-4-21(5-11-26)18-28(41)38-44;/h2-13,25,44H,14-18,20,35H2,1H3,(H,36,42)(H,38,41);1H. The lowest BCUT2D eigenvalue weighted by atomic mass is 9.99. The Morgan fingerprint density at radius 2 is 1.63 bits per heavy atom. The quantitative estimate of drug-likeness (QED) is 0.157. The maximum Gasteiger partial charge on any atom is 0.263 e. The van der Waals surface area contributed by atoms with Crippen molar-refractivity contribution in [3.8, 4) is 34.2 Å². The van der Waals surface area contributed by atoms with Gasteiger partial charge in [-0.2, -0.15) is 5.26 Å². The molecule has 5 N–H and O–H groups in total. The molecule has 46 heavy (non-hydrogen) atoms. The van der Waals surface area contributed by atoms with Crippen LogP contribution in [0.5, 0.6) is 5.75 Å². The highest BCUT2D eigenvalue weighted by atomic mass is 35.5. The number of carbonyl (C=O) groups excluding carboxylic acids is 2. The molecule has 13 heteroatoms. The Bertz CT molecular complexity index is 1780. The smallest absolute Gasteiger partial charge is 0.263 e. The SMILES string of the molecule is Cl.Cn1c(N2CCC(N)CC2)nc(-c2ccc(C#N)cc2)c(-c2ccc(OCC(=O)Nc3ccc(CC(=O)NO)cc3)cc2)c1=O. The highest BCUT2D eigenvalue weighted by molar-refractivity contribution is 5.92. The molecule has 0 unspecified atom stereocenters. The summed E-state index contributed by atoms with van der Waals surface area (Å²) >= 11 is 0. The molecule has 0 saturated carbocycles. The highest BCUT2D eigenvalue weighted by Gasteiger charge is 2.24. The van der Waals surface area contributed by atoms with E-state index in [1.807, 2.05) is 0 Å². The summed E-state index contributed by atoms with van der Waals surface area (Å²) in [6, 6.07) is 22.7. The largest absolute Gasteiger partial charge is 0.484 e. The van der Waals surface area contributed by atoms with Gasteiger partial charge in [-0.3, -0.25) is 24.2 Å². The molecule has 238 valence electrons. The lowest BCUT2D eigenvalue weighted by Gasteiger charge is -2.32. The Labute approximate surface area is 271 Å². The normalized spacial score (nSPS) is 12.9. The van der Waals surface area contributed by atoms with Crippen molar-refractivity contribution in [2.24, 2.45) is 12.8 Å². The lowest BCUT2D eigenvalue weighted by molar-refractivity contribution is -0.128. The zero-order valence-electron chi connectivity index (χ0n) is 25.1. The fourth-order valence-corrected chi connectivity index (χ4v) is 5.14. The second kappa shape index (κ2) is 15.2. The average molecular weight is 644 g/mol. The number of hydrogen-bond acceptors (Lipinski definition) is 9.